The van der Waals surface area contributed by atoms with Gasteiger partial charge in [-0.2, -0.15) is 0 Å². The number of aryl methyl sites for hydroxylation is 1. The summed E-state index contributed by atoms with van der Waals surface area (Å²) in [6, 6.07) is 8.52. The molecule has 1 aromatic heterocycles. The van der Waals surface area contributed by atoms with E-state index in [2.05, 4.69) is 79.5 Å². The molecule has 0 aliphatic heterocycles. The Bertz CT molecular complexity index is 528. The molecule has 2 nitrogen and oxygen atoms in total. The maximum atomic E-state index is 5.85. The van der Waals surface area contributed by atoms with E-state index >= 15 is 0 Å². The van der Waals surface area contributed by atoms with E-state index in [0.29, 0.717) is 0 Å². The number of halogens is 1. The fraction of sp³-hybridized carbons (Fsp3) is 0.438. The summed E-state index contributed by atoms with van der Waals surface area (Å²) in [5.41, 5.74) is 3.63. The van der Waals surface area contributed by atoms with E-state index in [9.17, 15) is 0 Å². The van der Waals surface area contributed by atoms with Gasteiger partial charge in [0.25, 0.3) is 0 Å². The molecule has 0 radical (unpaired) electrons. The van der Waals surface area contributed by atoms with Gasteiger partial charge in [0.15, 0.2) is 0 Å². The average molecular weight is 369 g/mol. The molecule has 0 atom stereocenters. The summed E-state index contributed by atoms with van der Waals surface area (Å²) in [4.78, 5) is 4.59. The van der Waals surface area contributed by atoms with Gasteiger partial charge in [-0.25, -0.2) is 4.98 Å². The van der Waals surface area contributed by atoms with Crippen molar-refractivity contribution < 1.29 is 4.42 Å². The molecule has 0 saturated carbocycles. The van der Waals surface area contributed by atoms with Gasteiger partial charge in [0, 0.05) is 16.4 Å². The van der Waals surface area contributed by atoms with Gasteiger partial charge in [-0.05, 0) is 23.1 Å². The topological polar surface area (TPSA) is 26.0 Å². The third kappa shape index (κ3) is 3.19. The van der Waals surface area contributed by atoms with Gasteiger partial charge in [-0.3, -0.25) is 0 Å². The predicted octanol–water partition coefficient (Wildman–Crippen LogP) is 5.14. The van der Waals surface area contributed by atoms with E-state index in [1.165, 1.54) is 5.56 Å². The van der Waals surface area contributed by atoms with Gasteiger partial charge in [0.05, 0.1) is 5.69 Å². The molecular weight excluding hydrogens is 349 g/mol. The van der Waals surface area contributed by atoms with E-state index in [1.54, 1.807) is 0 Å². The number of hydrogen-bond acceptors (Lipinski definition) is 2. The van der Waals surface area contributed by atoms with Crippen LogP contribution in [0.25, 0.3) is 11.5 Å². The summed E-state index contributed by atoms with van der Waals surface area (Å²) in [5.74, 6) is 1.74. The average Bonchev–Trinajstić information content (AvgIpc) is 2.81. The predicted molar refractivity (Wildman–Crippen MR) is 87.7 cm³/mol. The molecule has 0 bridgehead atoms. The molecule has 102 valence electrons. The number of rotatable bonds is 3. The summed E-state index contributed by atoms with van der Waals surface area (Å²) in [5, 5.41) is 0. The van der Waals surface area contributed by atoms with Crippen molar-refractivity contribution in [3.05, 3.63) is 41.3 Å². The Kier molecular flexibility index (Phi) is 4.33. The van der Waals surface area contributed by atoms with Crippen molar-refractivity contribution in [1.82, 2.24) is 4.98 Å². The van der Waals surface area contributed by atoms with Crippen LogP contribution >= 0.6 is 22.6 Å². The quantitative estimate of drug-likeness (QED) is 0.553. The molecule has 0 spiro atoms. The largest absolute Gasteiger partial charge is 0.441 e. The molecule has 3 heteroatoms. The van der Waals surface area contributed by atoms with Crippen LogP contribution in [0.5, 0.6) is 0 Å². The second kappa shape index (κ2) is 5.65. The Morgan fingerprint density at radius 1 is 1.16 bits per heavy atom. The van der Waals surface area contributed by atoms with E-state index in [1.807, 2.05) is 0 Å². The monoisotopic (exact) mass is 369 g/mol. The number of oxazole rings is 1. The molecule has 19 heavy (non-hydrogen) atoms. The van der Waals surface area contributed by atoms with E-state index in [-0.39, 0.29) is 5.41 Å². The van der Waals surface area contributed by atoms with Crippen LogP contribution in [-0.2, 0) is 16.3 Å². The van der Waals surface area contributed by atoms with Crippen LogP contribution in [0.3, 0.4) is 0 Å². The lowest BCUT2D eigenvalue weighted by Crippen LogP contribution is -2.10. The van der Waals surface area contributed by atoms with E-state index in [4.69, 9.17) is 4.42 Å². The number of aromatic nitrogens is 1. The maximum Gasteiger partial charge on any atom is 0.226 e. The second-order valence-electron chi connectivity index (χ2n) is 5.70. The molecule has 0 saturated heterocycles. The van der Waals surface area contributed by atoms with Gasteiger partial charge in [0.1, 0.15) is 5.76 Å². The standard InChI is InChI=1S/C16H20INO/c1-5-14-13(10-17)18-15(19-14)11-6-8-12(9-7-11)16(2,3)4/h6-9H,5,10H2,1-4H3. The van der Waals surface area contributed by atoms with Crippen LogP contribution in [0.1, 0.15) is 44.7 Å². The van der Waals surface area contributed by atoms with Crippen molar-refractivity contribution in [2.75, 3.05) is 0 Å². The molecule has 2 aromatic rings. The first-order chi connectivity index (χ1) is 8.95. The Morgan fingerprint density at radius 3 is 2.21 bits per heavy atom. The van der Waals surface area contributed by atoms with Crippen molar-refractivity contribution >= 4 is 22.6 Å². The molecule has 0 fully saturated rings. The lowest BCUT2D eigenvalue weighted by molar-refractivity contribution is 0.522. The molecule has 1 aromatic carbocycles. The van der Waals surface area contributed by atoms with Crippen molar-refractivity contribution in [2.45, 2.75) is 44.0 Å². The smallest absolute Gasteiger partial charge is 0.226 e. The number of alkyl halides is 1. The van der Waals surface area contributed by atoms with Crippen LogP contribution in [0, 0.1) is 0 Å². The fourth-order valence-electron chi connectivity index (χ4n) is 2.00. The minimum absolute atomic E-state index is 0.178. The lowest BCUT2D eigenvalue weighted by Gasteiger charge is -2.18. The highest BCUT2D eigenvalue weighted by molar-refractivity contribution is 14.1. The molecule has 0 amide bonds. The lowest BCUT2D eigenvalue weighted by atomic mass is 9.87. The normalized spacial score (nSPS) is 11.8. The van der Waals surface area contributed by atoms with Crippen LogP contribution in [0.2, 0.25) is 0 Å². The van der Waals surface area contributed by atoms with Crippen molar-refractivity contribution in [3.8, 4) is 11.5 Å². The highest BCUT2D eigenvalue weighted by Crippen LogP contribution is 2.27. The summed E-state index contributed by atoms with van der Waals surface area (Å²) >= 11 is 2.33. The van der Waals surface area contributed by atoms with Crippen molar-refractivity contribution in [3.63, 3.8) is 0 Å². The molecule has 0 N–H and O–H groups in total. The minimum Gasteiger partial charge on any atom is -0.441 e. The number of hydrogen-bond donors (Lipinski definition) is 0. The third-order valence-corrected chi connectivity index (χ3v) is 3.95. The highest BCUT2D eigenvalue weighted by Gasteiger charge is 2.15. The minimum atomic E-state index is 0.178. The van der Waals surface area contributed by atoms with Gasteiger partial charge < -0.3 is 4.42 Å². The van der Waals surface area contributed by atoms with Crippen LogP contribution in [0.4, 0.5) is 0 Å². The zero-order valence-corrected chi connectivity index (χ0v) is 14.1. The van der Waals surface area contributed by atoms with Crippen LogP contribution in [-0.4, -0.2) is 4.98 Å². The van der Waals surface area contributed by atoms with Crippen LogP contribution in [0.15, 0.2) is 28.7 Å². The first-order valence-electron chi connectivity index (χ1n) is 6.61. The molecule has 1 heterocycles. The molecule has 0 aliphatic rings. The Hall–Kier alpha value is -0.840. The second-order valence-corrected chi connectivity index (χ2v) is 6.47. The summed E-state index contributed by atoms with van der Waals surface area (Å²) < 4.78 is 6.74. The van der Waals surface area contributed by atoms with Gasteiger partial charge in [-0.1, -0.05) is 62.4 Å². The number of nitrogens with zero attached hydrogens (tertiary/aromatic N) is 1. The molecule has 0 aliphatic carbocycles. The van der Waals surface area contributed by atoms with E-state index in [0.717, 1.165) is 33.8 Å². The summed E-state index contributed by atoms with van der Waals surface area (Å²) in [6.07, 6.45) is 0.894. The van der Waals surface area contributed by atoms with Gasteiger partial charge >= 0.3 is 0 Å². The molecular formula is C16H20INO. The maximum absolute atomic E-state index is 5.85. The highest BCUT2D eigenvalue weighted by atomic mass is 127. The van der Waals surface area contributed by atoms with Crippen molar-refractivity contribution in [2.24, 2.45) is 0 Å². The Labute approximate surface area is 128 Å². The third-order valence-electron chi connectivity index (χ3n) is 3.22. The first-order valence-corrected chi connectivity index (χ1v) is 8.13. The van der Waals surface area contributed by atoms with Crippen LogP contribution < -0.4 is 0 Å². The fourth-order valence-corrected chi connectivity index (χ4v) is 2.60. The van der Waals surface area contributed by atoms with E-state index < -0.39 is 0 Å². The van der Waals surface area contributed by atoms with Crippen molar-refractivity contribution in [1.29, 1.82) is 0 Å². The SMILES string of the molecule is CCc1oc(-c2ccc(C(C)(C)C)cc2)nc1CI. The zero-order chi connectivity index (χ0) is 14.0. The molecule has 0 unspecified atom stereocenters. The molecule has 2 rings (SSSR count). The summed E-state index contributed by atoms with van der Waals surface area (Å²) in [7, 11) is 0. The Morgan fingerprint density at radius 2 is 1.79 bits per heavy atom. The summed E-state index contributed by atoms with van der Waals surface area (Å²) in [6.45, 7) is 8.76. The Balaban J connectivity index is 2.34. The first kappa shape index (κ1) is 14.6. The number of benzene rings is 1. The van der Waals surface area contributed by atoms with Gasteiger partial charge in [0.2, 0.25) is 5.89 Å². The van der Waals surface area contributed by atoms with Gasteiger partial charge in [-0.15, -0.1) is 0 Å². The zero-order valence-electron chi connectivity index (χ0n) is 12.0.